The van der Waals surface area contributed by atoms with Crippen molar-refractivity contribution in [1.29, 1.82) is 0 Å². The predicted octanol–water partition coefficient (Wildman–Crippen LogP) is 2.61. The number of aldehydes is 1. The van der Waals surface area contributed by atoms with Gasteiger partial charge < -0.3 is 0 Å². The first-order valence-electron chi connectivity index (χ1n) is 4.87. The van der Waals surface area contributed by atoms with E-state index in [0.29, 0.717) is 5.56 Å². The van der Waals surface area contributed by atoms with Crippen molar-refractivity contribution in [2.24, 2.45) is 5.41 Å². The molecule has 14 heavy (non-hydrogen) atoms. The van der Waals surface area contributed by atoms with Crippen LogP contribution in [0.1, 0.15) is 49.8 Å². The molecule has 1 aromatic rings. The summed E-state index contributed by atoms with van der Waals surface area (Å²) in [7, 11) is 0. The molecule has 1 atom stereocenters. The number of hydrogen-bond acceptors (Lipinski definition) is 2. The Balaban J connectivity index is 3.03. The van der Waals surface area contributed by atoms with E-state index < -0.39 is 0 Å². The van der Waals surface area contributed by atoms with Crippen LogP contribution in [0.4, 0.5) is 0 Å². The zero-order chi connectivity index (χ0) is 10.9. The third-order valence-corrected chi connectivity index (χ3v) is 2.73. The summed E-state index contributed by atoms with van der Waals surface area (Å²) < 4.78 is 1.87. The third-order valence-electron chi connectivity index (χ3n) is 2.73. The van der Waals surface area contributed by atoms with E-state index in [1.54, 1.807) is 0 Å². The van der Waals surface area contributed by atoms with Crippen molar-refractivity contribution in [3.05, 3.63) is 17.5 Å². The average molecular weight is 194 g/mol. The van der Waals surface area contributed by atoms with Gasteiger partial charge in [-0.15, -0.1) is 0 Å². The zero-order valence-electron chi connectivity index (χ0n) is 9.53. The molecule has 0 bridgehead atoms. The van der Waals surface area contributed by atoms with Crippen molar-refractivity contribution in [3.8, 4) is 0 Å². The van der Waals surface area contributed by atoms with Gasteiger partial charge in [-0.05, 0) is 19.3 Å². The molecule has 3 nitrogen and oxygen atoms in total. The Morgan fingerprint density at radius 3 is 2.43 bits per heavy atom. The summed E-state index contributed by atoms with van der Waals surface area (Å²) in [6.45, 7) is 10.5. The second-order valence-corrected chi connectivity index (χ2v) is 4.81. The first kappa shape index (κ1) is 11.0. The molecule has 0 aliphatic heterocycles. The maximum atomic E-state index is 10.7. The number of carbonyl (C=O) groups excluding carboxylic acids is 1. The Morgan fingerprint density at radius 1 is 1.50 bits per heavy atom. The average Bonchev–Trinajstić information content (AvgIpc) is 2.43. The summed E-state index contributed by atoms with van der Waals surface area (Å²) in [6.07, 6.45) is 2.67. The lowest BCUT2D eigenvalue weighted by atomic mass is 9.88. The molecule has 1 rings (SSSR count). The first-order chi connectivity index (χ1) is 6.36. The summed E-state index contributed by atoms with van der Waals surface area (Å²) in [5.74, 6) is 0. The van der Waals surface area contributed by atoms with Gasteiger partial charge in [0.1, 0.15) is 0 Å². The molecule has 0 N–H and O–H groups in total. The minimum Gasteiger partial charge on any atom is -0.298 e. The highest BCUT2D eigenvalue weighted by atomic mass is 16.1. The highest BCUT2D eigenvalue weighted by Crippen LogP contribution is 2.29. The molecular weight excluding hydrogens is 176 g/mol. The Labute approximate surface area is 85.1 Å². The molecule has 0 amide bonds. The highest BCUT2D eigenvalue weighted by Gasteiger charge is 2.22. The van der Waals surface area contributed by atoms with Gasteiger partial charge in [0.15, 0.2) is 6.29 Å². The Hall–Kier alpha value is -1.12. The maximum absolute atomic E-state index is 10.7. The van der Waals surface area contributed by atoms with E-state index in [1.165, 1.54) is 0 Å². The van der Waals surface area contributed by atoms with Gasteiger partial charge in [0.2, 0.25) is 0 Å². The van der Waals surface area contributed by atoms with Gasteiger partial charge in [-0.2, -0.15) is 5.10 Å². The van der Waals surface area contributed by atoms with Gasteiger partial charge in [-0.1, -0.05) is 20.8 Å². The molecule has 0 radical (unpaired) electrons. The van der Waals surface area contributed by atoms with Gasteiger partial charge in [-0.3, -0.25) is 9.48 Å². The fraction of sp³-hybridized carbons (Fsp3) is 0.636. The van der Waals surface area contributed by atoms with Crippen LogP contribution in [0.5, 0.6) is 0 Å². The molecule has 1 unspecified atom stereocenters. The molecular formula is C11H18N2O. The molecule has 3 heteroatoms. The Bertz CT molecular complexity index is 334. The lowest BCUT2D eigenvalue weighted by Gasteiger charge is -2.27. The Kier molecular flexibility index (Phi) is 2.79. The standard InChI is InChI=1S/C11H18N2O/c1-8-10(7-14)6-13(12-8)9(2)11(3,4)5/h6-7,9H,1-5H3. The molecule has 1 heterocycles. The van der Waals surface area contributed by atoms with Gasteiger partial charge in [0.25, 0.3) is 0 Å². The van der Waals surface area contributed by atoms with Crippen molar-refractivity contribution >= 4 is 6.29 Å². The normalized spacial score (nSPS) is 14.1. The molecule has 0 fully saturated rings. The summed E-state index contributed by atoms with van der Waals surface area (Å²) in [5, 5.41) is 4.33. The molecule has 0 aromatic carbocycles. The van der Waals surface area contributed by atoms with Crippen LogP contribution in [0, 0.1) is 12.3 Å². The van der Waals surface area contributed by atoms with Crippen LogP contribution in [0.3, 0.4) is 0 Å². The van der Waals surface area contributed by atoms with E-state index in [9.17, 15) is 4.79 Å². The monoisotopic (exact) mass is 194 g/mol. The second kappa shape index (κ2) is 3.56. The third kappa shape index (κ3) is 2.03. The van der Waals surface area contributed by atoms with Crippen molar-refractivity contribution in [2.45, 2.75) is 40.7 Å². The quantitative estimate of drug-likeness (QED) is 0.678. The summed E-state index contributed by atoms with van der Waals surface area (Å²) >= 11 is 0. The van der Waals surface area contributed by atoms with Crippen LogP contribution in [0.2, 0.25) is 0 Å². The van der Waals surface area contributed by atoms with Crippen LogP contribution in [-0.2, 0) is 0 Å². The van der Waals surface area contributed by atoms with E-state index in [0.717, 1.165) is 12.0 Å². The molecule has 78 valence electrons. The van der Waals surface area contributed by atoms with E-state index in [4.69, 9.17) is 0 Å². The van der Waals surface area contributed by atoms with Crippen molar-refractivity contribution in [3.63, 3.8) is 0 Å². The number of aromatic nitrogens is 2. The largest absolute Gasteiger partial charge is 0.298 e. The molecule has 0 spiro atoms. The number of aryl methyl sites for hydroxylation is 1. The van der Waals surface area contributed by atoms with Crippen LogP contribution in [0.25, 0.3) is 0 Å². The van der Waals surface area contributed by atoms with Gasteiger partial charge in [0, 0.05) is 6.20 Å². The van der Waals surface area contributed by atoms with Crippen LogP contribution < -0.4 is 0 Å². The highest BCUT2D eigenvalue weighted by molar-refractivity contribution is 5.75. The molecule has 1 aromatic heterocycles. The molecule has 0 saturated carbocycles. The SMILES string of the molecule is Cc1nn(C(C)C(C)(C)C)cc1C=O. The summed E-state index contributed by atoms with van der Waals surface area (Å²) in [5.41, 5.74) is 1.63. The van der Waals surface area contributed by atoms with Crippen molar-refractivity contribution in [2.75, 3.05) is 0 Å². The second-order valence-electron chi connectivity index (χ2n) is 4.81. The van der Waals surface area contributed by atoms with Gasteiger partial charge in [-0.25, -0.2) is 0 Å². The van der Waals surface area contributed by atoms with E-state index in [-0.39, 0.29) is 11.5 Å². The fourth-order valence-electron chi connectivity index (χ4n) is 1.21. The van der Waals surface area contributed by atoms with Crippen LogP contribution >= 0.6 is 0 Å². The number of hydrogen-bond donors (Lipinski definition) is 0. The van der Waals surface area contributed by atoms with E-state index in [2.05, 4.69) is 32.8 Å². The number of carbonyl (C=O) groups is 1. The van der Waals surface area contributed by atoms with E-state index >= 15 is 0 Å². The Morgan fingerprint density at radius 2 is 2.07 bits per heavy atom. The molecule has 0 aliphatic carbocycles. The van der Waals surface area contributed by atoms with E-state index in [1.807, 2.05) is 17.8 Å². The maximum Gasteiger partial charge on any atom is 0.153 e. The van der Waals surface area contributed by atoms with Crippen LogP contribution in [0.15, 0.2) is 6.20 Å². The fourth-order valence-corrected chi connectivity index (χ4v) is 1.21. The van der Waals surface area contributed by atoms with Crippen molar-refractivity contribution < 1.29 is 4.79 Å². The smallest absolute Gasteiger partial charge is 0.153 e. The molecule has 0 aliphatic rings. The zero-order valence-corrected chi connectivity index (χ0v) is 9.53. The topological polar surface area (TPSA) is 34.9 Å². The minimum absolute atomic E-state index is 0.151. The number of nitrogens with zero attached hydrogens (tertiary/aromatic N) is 2. The molecule has 0 saturated heterocycles. The lowest BCUT2D eigenvalue weighted by Crippen LogP contribution is -2.21. The van der Waals surface area contributed by atoms with Crippen molar-refractivity contribution in [1.82, 2.24) is 9.78 Å². The van der Waals surface area contributed by atoms with Crippen LogP contribution in [-0.4, -0.2) is 16.1 Å². The predicted molar refractivity (Wildman–Crippen MR) is 56.5 cm³/mol. The first-order valence-corrected chi connectivity index (χ1v) is 4.87. The number of rotatable bonds is 2. The minimum atomic E-state index is 0.151. The summed E-state index contributed by atoms with van der Waals surface area (Å²) in [6, 6.07) is 0.287. The van der Waals surface area contributed by atoms with Gasteiger partial charge in [0.05, 0.1) is 17.3 Å². The lowest BCUT2D eigenvalue weighted by molar-refractivity contribution is 0.112. The van der Waals surface area contributed by atoms with Gasteiger partial charge >= 0.3 is 0 Å². The summed E-state index contributed by atoms with van der Waals surface area (Å²) in [4.78, 5) is 10.7.